The third-order valence-corrected chi connectivity index (χ3v) is 8.08. The van der Waals surface area contributed by atoms with Crippen LogP contribution < -0.4 is 0 Å². The maximum Gasteiger partial charge on any atom is 0.149 e. The lowest BCUT2D eigenvalue weighted by molar-refractivity contribution is 0.587. The summed E-state index contributed by atoms with van der Waals surface area (Å²) in [6.07, 6.45) is 3.81. The lowest BCUT2D eigenvalue weighted by atomic mass is 10.1. The van der Waals surface area contributed by atoms with E-state index in [4.69, 9.17) is 9.40 Å². The first-order valence-electron chi connectivity index (χ1n) is 11.6. The highest BCUT2D eigenvalue weighted by Crippen LogP contribution is 2.43. The van der Waals surface area contributed by atoms with Crippen LogP contribution >= 0.6 is 11.3 Å². The molecule has 0 radical (unpaired) electrons. The highest BCUT2D eigenvalue weighted by molar-refractivity contribution is 7.21. The van der Waals surface area contributed by atoms with Crippen LogP contribution in [0.4, 0.5) is 0 Å². The van der Waals surface area contributed by atoms with Crippen LogP contribution in [0.5, 0.6) is 0 Å². The van der Waals surface area contributed by atoms with Gasteiger partial charge in [-0.05, 0) is 25.1 Å². The zero-order chi connectivity index (χ0) is 23.1. The number of nitrogens with zero attached hydrogens (tertiary/aromatic N) is 3. The summed E-state index contributed by atoms with van der Waals surface area (Å²) in [7, 11) is 0. The van der Waals surface area contributed by atoms with Crippen molar-refractivity contribution in [1.82, 2.24) is 14.0 Å². The van der Waals surface area contributed by atoms with Gasteiger partial charge < -0.3 is 8.98 Å². The molecule has 166 valence electrons. The second kappa shape index (κ2) is 6.84. The summed E-state index contributed by atoms with van der Waals surface area (Å²) in [4.78, 5) is 5.96. The monoisotopic (exact) mass is 469 g/mol. The number of hydrogen-bond donors (Lipinski definition) is 0. The van der Waals surface area contributed by atoms with Gasteiger partial charge in [-0.15, -0.1) is 0 Å². The summed E-state index contributed by atoms with van der Waals surface area (Å²) in [6, 6.07) is 30.0. The van der Waals surface area contributed by atoms with E-state index in [9.17, 15) is 0 Å². The molecule has 5 heteroatoms. The quantitative estimate of drug-likeness (QED) is 0.255. The van der Waals surface area contributed by atoms with Crippen LogP contribution in [0, 0.1) is 6.92 Å². The van der Waals surface area contributed by atoms with Gasteiger partial charge in [-0.2, -0.15) is 0 Å². The van der Waals surface area contributed by atoms with Gasteiger partial charge in [-0.3, -0.25) is 4.40 Å². The topological polar surface area (TPSA) is 35.4 Å². The first kappa shape index (κ1) is 19.0. The Morgan fingerprint density at radius 2 is 1.46 bits per heavy atom. The molecule has 5 heterocycles. The minimum atomic E-state index is 0.889. The number of imidazole rings is 1. The predicted molar refractivity (Wildman–Crippen MR) is 145 cm³/mol. The standard InChI is InChI=1S/C30H19N3OS/c1-18-16-31-29-23-17-34-28(19-9-3-2-4-10-19)27(23)22-15-26(35-30(22)32(18)29)33-24-13-7-5-11-20(24)21-12-6-8-14-25(21)33/h2-17H,1H3. The fraction of sp³-hybridized carbons (Fsp3) is 0.0333. The third kappa shape index (κ3) is 2.48. The van der Waals surface area contributed by atoms with Crippen LogP contribution in [0.2, 0.25) is 0 Å². The van der Waals surface area contributed by atoms with E-state index in [1.54, 1.807) is 11.3 Å². The second-order valence-corrected chi connectivity index (χ2v) is 9.96. The van der Waals surface area contributed by atoms with Gasteiger partial charge in [0.2, 0.25) is 0 Å². The largest absolute Gasteiger partial charge is 0.463 e. The van der Waals surface area contributed by atoms with E-state index < -0.39 is 0 Å². The summed E-state index contributed by atoms with van der Waals surface area (Å²) in [6.45, 7) is 2.11. The van der Waals surface area contributed by atoms with E-state index in [0.717, 1.165) is 33.4 Å². The maximum absolute atomic E-state index is 6.21. The normalized spacial score (nSPS) is 12.1. The second-order valence-electron chi connectivity index (χ2n) is 8.95. The molecule has 0 amide bonds. The van der Waals surface area contributed by atoms with Crippen molar-refractivity contribution in [3.05, 3.63) is 103 Å². The number of para-hydroxylation sites is 2. The molecule has 0 spiro atoms. The van der Waals surface area contributed by atoms with E-state index in [2.05, 4.69) is 94.8 Å². The molecule has 0 aliphatic carbocycles. The van der Waals surface area contributed by atoms with Crippen molar-refractivity contribution in [3.63, 3.8) is 0 Å². The molecule has 0 saturated carbocycles. The first-order valence-corrected chi connectivity index (χ1v) is 12.5. The van der Waals surface area contributed by atoms with E-state index in [-0.39, 0.29) is 0 Å². The summed E-state index contributed by atoms with van der Waals surface area (Å²) in [5.41, 5.74) is 5.55. The van der Waals surface area contributed by atoms with Crippen LogP contribution in [0.1, 0.15) is 5.69 Å². The number of hydrogen-bond acceptors (Lipinski definition) is 3. The minimum Gasteiger partial charge on any atom is -0.463 e. The smallest absolute Gasteiger partial charge is 0.149 e. The molecule has 4 nitrogen and oxygen atoms in total. The summed E-state index contributed by atoms with van der Waals surface area (Å²) >= 11 is 1.80. The Labute approximate surface area is 204 Å². The van der Waals surface area contributed by atoms with Crippen molar-refractivity contribution in [2.75, 3.05) is 0 Å². The Bertz CT molecular complexity index is 2020. The van der Waals surface area contributed by atoms with Crippen LogP contribution in [0.25, 0.3) is 64.8 Å². The number of aromatic nitrogens is 3. The molecule has 3 aromatic carbocycles. The fourth-order valence-electron chi connectivity index (χ4n) is 5.46. The number of furan rings is 1. The molecule has 0 unspecified atom stereocenters. The lowest BCUT2D eigenvalue weighted by Gasteiger charge is -2.03. The van der Waals surface area contributed by atoms with Crippen molar-refractivity contribution in [3.8, 4) is 16.3 Å². The Hall–Kier alpha value is -4.35. The van der Waals surface area contributed by atoms with Crippen molar-refractivity contribution in [1.29, 1.82) is 0 Å². The first-order chi connectivity index (χ1) is 17.3. The van der Waals surface area contributed by atoms with Crippen molar-refractivity contribution in [2.24, 2.45) is 0 Å². The molecule has 0 aliphatic rings. The minimum absolute atomic E-state index is 0.889. The number of rotatable bonds is 2. The molecular formula is C30H19N3OS. The van der Waals surface area contributed by atoms with Crippen molar-refractivity contribution in [2.45, 2.75) is 6.92 Å². The van der Waals surface area contributed by atoms with Gasteiger partial charge in [-0.25, -0.2) is 4.98 Å². The zero-order valence-electron chi connectivity index (χ0n) is 18.9. The predicted octanol–water partition coefficient (Wildman–Crippen LogP) is 8.37. The maximum atomic E-state index is 6.21. The van der Waals surface area contributed by atoms with Crippen LogP contribution in [0.15, 0.2) is 102 Å². The number of benzene rings is 3. The van der Waals surface area contributed by atoms with Gasteiger partial charge in [0, 0.05) is 39.0 Å². The van der Waals surface area contributed by atoms with E-state index in [0.29, 0.717) is 0 Å². The highest BCUT2D eigenvalue weighted by atomic mass is 32.1. The lowest BCUT2D eigenvalue weighted by Crippen LogP contribution is -1.89. The number of pyridine rings is 1. The molecule has 0 atom stereocenters. The van der Waals surface area contributed by atoms with Crippen LogP contribution in [-0.4, -0.2) is 14.0 Å². The van der Waals surface area contributed by atoms with Gasteiger partial charge in [0.1, 0.15) is 27.5 Å². The fourth-order valence-corrected chi connectivity index (χ4v) is 6.71. The number of fused-ring (bicyclic) bond motifs is 9. The average molecular weight is 470 g/mol. The molecule has 35 heavy (non-hydrogen) atoms. The van der Waals surface area contributed by atoms with E-state index in [1.165, 1.54) is 37.0 Å². The third-order valence-electron chi connectivity index (χ3n) is 6.98. The molecule has 8 aromatic rings. The van der Waals surface area contributed by atoms with Crippen LogP contribution in [0.3, 0.4) is 0 Å². The van der Waals surface area contributed by atoms with Gasteiger partial charge in [0.15, 0.2) is 0 Å². The SMILES string of the molecule is Cc1cnc2c3coc(-c4ccccc4)c3c3cc(-n4c5ccccc5c5ccccc54)sc3n12. The molecule has 0 N–H and O–H groups in total. The molecule has 0 fully saturated rings. The van der Waals surface area contributed by atoms with Gasteiger partial charge in [0.25, 0.3) is 0 Å². The molecule has 0 bridgehead atoms. The molecular weight excluding hydrogens is 450 g/mol. The Morgan fingerprint density at radius 1 is 0.771 bits per heavy atom. The Balaban J connectivity index is 1.56. The zero-order valence-corrected chi connectivity index (χ0v) is 19.7. The Kier molecular flexibility index (Phi) is 3.71. The van der Waals surface area contributed by atoms with Gasteiger partial charge in [0.05, 0.1) is 16.4 Å². The summed E-state index contributed by atoms with van der Waals surface area (Å²) in [5, 5.41) is 7.05. The molecule has 0 saturated heterocycles. The molecule has 8 rings (SSSR count). The summed E-state index contributed by atoms with van der Waals surface area (Å²) < 4.78 is 10.9. The van der Waals surface area contributed by atoms with Crippen molar-refractivity contribution >= 4 is 59.8 Å². The molecule has 0 aliphatic heterocycles. The highest BCUT2D eigenvalue weighted by Gasteiger charge is 2.22. The average Bonchev–Trinajstić information content (AvgIpc) is 3.66. The molecule has 5 aromatic heterocycles. The number of aryl methyl sites for hydroxylation is 1. The Morgan fingerprint density at radius 3 is 2.20 bits per heavy atom. The number of thiophene rings is 1. The van der Waals surface area contributed by atoms with E-state index in [1.807, 2.05) is 18.5 Å². The summed E-state index contributed by atoms with van der Waals surface area (Å²) in [5.74, 6) is 0.889. The van der Waals surface area contributed by atoms with Crippen LogP contribution in [-0.2, 0) is 0 Å². The van der Waals surface area contributed by atoms with Gasteiger partial charge >= 0.3 is 0 Å². The van der Waals surface area contributed by atoms with E-state index >= 15 is 0 Å². The van der Waals surface area contributed by atoms with Gasteiger partial charge in [-0.1, -0.05) is 78.1 Å². The van der Waals surface area contributed by atoms with Crippen molar-refractivity contribution < 1.29 is 4.42 Å².